The maximum atomic E-state index is 13.3. The number of hydrogen-bond acceptors (Lipinski definition) is 8. The van der Waals surface area contributed by atoms with E-state index in [2.05, 4.69) is 25.4 Å². The number of aromatic nitrogens is 5. The predicted octanol–water partition coefficient (Wildman–Crippen LogP) is 4.22. The molecular formula is C22H15F3N6O4. The Morgan fingerprint density at radius 2 is 1.91 bits per heavy atom. The first-order valence-corrected chi connectivity index (χ1v) is 10.1. The standard InChI is InChI=1S/C22H15F3N6O4/c1-11-4-18(22(23,24)25)30-31(11)19-15(12-5-13(20(32)33)8-26-7-12)9-27-21(29-19)28-14-2-3-16-17(6-14)35-10-34-16/h2-9H,10H2,1H3,(H,32,33)(H,27,28,29). The molecule has 35 heavy (non-hydrogen) atoms. The molecule has 0 unspecified atom stereocenters. The Morgan fingerprint density at radius 1 is 1.11 bits per heavy atom. The maximum Gasteiger partial charge on any atom is 0.435 e. The van der Waals surface area contributed by atoms with Crippen molar-refractivity contribution in [1.29, 1.82) is 0 Å². The van der Waals surface area contributed by atoms with Crippen LogP contribution in [0.2, 0.25) is 0 Å². The van der Waals surface area contributed by atoms with Crippen molar-refractivity contribution in [2.24, 2.45) is 0 Å². The fourth-order valence-electron chi connectivity index (χ4n) is 3.43. The van der Waals surface area contributed by atoms with E-state index in [-0.39, 0.29) is 40.9 Å². The number of alkyl halides is 3. The Labute approximate surface area is 195 Å². The van der Waals surface area contributed by atoms with Crippen LogP contribution >= 0.6 is 0 Å². The lowest BCUT2D eigenvalue weighted by atomic mass is 10.1. The Morgan fingerprint density at radius 3 is 2.66 bits per heavy atom. The summed E-state index contributed by atoms with van der Waals surface area (Å²) in [5.41, 5.74) is 0.0329. The summed E-state index contributed by atoms with van der Waals surface area (Å²) in [6, 6.07) is 7.27. The minimum atomic E-state index is -4.67. The average Bonchev–Trinajstić information content (AvgIpc) is 3.45. The highest BCUT2D eigenvalue weighted by atomic mass is 19.4. The topological polar surface area (TPSA) is 124 Å². The number of nitrogens with zero attached hydrogens (tertiary/aromatic N) is 5. The van der Waals surface area contributed by atoms with Crippen LogP contribution in [0, 0.1) is 6.92 Å². The first kappa shape index (κ1) is 22.1. The number of aryl methyl sites for hydroxylation is 1. The van der Waals surface area contributed by atoms with Crippen molar-refractivity contribution in [3.63, 3.8) is 0 Å². The highest BCUT2D eigenvalue weighted by molar-refractivity contribution is 5.89. The highest BCUT2D eigenvalue weighted by Crippen LogP contribution is 2.36. The van der Waals surface area contributed by atoms with Gasteiger partial charge in [-0.2, -0.15) is 23.3 Å². The summed E-state index contributed by atoms with van der Waals surface area (Å²) in [7, 11) is 0. The number of carboxylic acid groups (broad SMARTS) is 1. The van der Waals surface area contributed by atoms with E-state index in [1.807, 2.05) is 0 Å². The lowest BCUT2D eigenvalue weighted by molar-refractivity contribution is -0.141. The predicted molar refractivity (Wildman–Crippen MR) is 115 cm³/mol. The maximum absolute atomic E-state index is 13.3. The molecule has 0 saturated heterocycles. The summed E-state index contributed by atoms with van der Waals surface area (Å²) < 4.78 is 51.6. The number of fused-ring (bicyclic) bond motifs is 1. The van der Waals surface area contributed by atoms with Crippen molar-refractivity contribution in [2.75, 3.05) is 12.1 Å². The van der Waals surface area contributed by atoms with Gasteiger partial charge in [0.05, 0.1) is 5.56 Å². The third kappa shape index (κ3) is 4.30. The number of pyridine rings is 1. The molecule has 4 aromatic rings. The van der Waals surface area contributed by atoms with Gasteiger partial charge in [-0.1, -0.05) is 0 Å². The Hall–Kier alpha value is -4.68. The van der Waals surface area contributed by atoms with Crippen LogP contribution < -0.4 is 14.8 Å². The molecule has 0 atom stereocenters. The normalized spacial score (nSPS) is 12.6. The molecule has 0 aliphatic carbocycles. The van der Waals surface area contributed by atoms with Gasteiger partial charge in [-0.05, 0) is 31.2 Å². The van der Waals surface area contributed by atoms with Gasteiger partial charge in [0.1, 0.15) is 0 Å². The van der Waals surface area contributed by atoms with Crippen LogP contribution in [0.5, 0.6) is 11.5 Å². The molecule has 0 amide bonds. The van der Waals surface area contributed by atoms with Crippen molar-refractivity contribution in [3.05, 3.63) is 65.9 Å². The van der Waals surface area contributed by atoms with Crippen LogP contribution in [0.3, 0.4) is 0 Å². The number of anilines is 2. The zero-order valence-electron chi connectivity index (χ0n) is 17.9. The minimum Gasteiger partial charge on any atom is -0.478 e. The fourth-order valence-corrected chi connectivity index (χ4v) is 3.43. The van der Waals surface area contributed by atoms with Gasteiger partial charge >= 0.3 is 12.1 Å². The molecule has 1 aliphatic rings. The van der Waals surface area contributed by atoms with Crippen LogP contribution in [-0.2, 0) is 6.18 Å². The lowest BCUT2D eigenvalue weighted by Crippen LogP contribution is -2.11. The second kappa shape index (κ2) is 8.27. The van der Waals surface area contributed by atoms with Crippen molar-refractivity contribution in [3.8, 4) is 28.4 Å². The van der Waals surface area contributed by atoms with Gasteiger partial charge in [-0.3, -0.25) is 4.98 Å². The van der Waals surface area contributed by atoms with Crippen LogP contribution in [0.1, 0.15) is 21.7 Å². The summed E-state index contributed by atoms with van der Waals surface area (Å²) in [4.78, 5) is 24.0. The number of nitrogens with one attached hydrogen (secondary N) is 1. The molecule has 2 N–H and O–H groups in total. The van der Waals surface area contributed by atoms with E-state index >= 15 is 0 Å². The largest absolute Gasteiger partial charge is 0.478 e. The van der Waals surface area contributed by atoms with Crippen LogP contribution in [0.4, 0.5) is 24.8 Å². The van der Waals surface area contributed by atoms with E-state index in [1.54, 1.807) is 18.2 Å². The first-order chi connectivity index (χ1) is 16.7. The molecule has 3 aromatic heterocycles. The molecule has 178 valence electrons. The summed E-state index contributed by atoms with van der Waals surface area (Å²) in [5.74, 6) is -0.0575. The van der Waals surface area contributed by atoms with E-state index in [9.17, 15) is 23.1 Å². The minimum absolute atomic E-state index is 0.000539. The van der Waals surface area contributed by atoms with Gasteiger partial charge in [0.25, 0.3) is 0 Å². The number of halogens is 3. The van der Waals surface area contributed by atoms with E-state index in [1.165, 1.54) is 25.4 Å². The smallest absolute Gasteiger partial charge is 0.435 e. The second-order valence-electron chi connectivity index (χ2n) is 7.47. The van der Waals surface area contributed by atoms with Crippen molar-refractivity contribution in [1.82, 2.24) is 24.7 Å². The summed E-state index contributed by atoms with van der Waals surface area (Å²) in [6.07, 6.45) is -0.790. The van der Waals surface area contributed by atoms with Gasteiger partial charge in [0.2, 0.25) is 12.7 Å². The number of carboxylic acids is 1. The van der Waals surface area contributed by atoms with Crippen molar-refractivity contribution in [2.45, 2.75) is 13.1 Å². The quantitative estimate of drug-likeness (QED) is 0.428. The molecule has 10 nitrogen and oxygen atoms in total. The molecule has 0 bridgehead atoms. The van der Waals surface area contributed by atoms with Gasteiger partial charge in [0, 0.05) is 47.2 Å². The van der Waals surface area contributed by atoms with E-state index in [0.29, 0.717) is 17.2 Å². The molecule has 13 heteroatoms. The Balaban J connectivity index is 1.62. The molecule has 0 fully saturated rings. The lowest BCUT2D eigenvalue weighted by Gasteiger charge is -2.13. The third-order valence-corrected chi connectivity index (χ3v) is 5.07. The molecule has 0 radical (unpaired) electrons. The zero-order valence-corrected chi connectivity index (χ0v) is 17.9. The molecule has 1 aliphatic heterocycles. The first-order valence-electron chi connectivity index (χ1n) is 10.1. The van der Waals surface area contributed by atoms with E-state index in [4.69, 9.17) is 9.47 Å². The van der Waals surface area contributed by atoms with Crippen molar-refractivity contribution >= 4 is 17.6 Å². The highest BCUT2D eigenvalue weighted by Gasteiger charge is 2.35. The third-order valence-electron chi connectivity index (χ3n) is 5.07. The Bertz CT molecular complexity index is 1450. The number of carbonyl (C=O) groups is 1. The van der Waals surface area contributed by atoms with Crippen LogP contribution in [0.25, 0.3) is 16.9 Å². The van der Waals surface area contributed by atoms with E-state index in [0.717, 1.165) is 16.9 Å². The molecule has 0 saturated carbocycles. The summed E-state index contributed by atoms with van der Waals surface area (Å²) in [6.45, 7) is 1.54. The number of aromatic carboxylic acids is 1. The monoisotopic (exact) mass is 484 g/mol. The fraction of sp³-hybridized carbons (Fsp3) is 0.136. The second-order valence-corrected chi connectivity index (χ2v) is 7.47. The molecule has 5 rings (SSSR count). The number of benzene rings is 1. The molecule has 0 spiro atoms. The number of hydrogen-bond donors (Lipinski definition) is 2. The van der Waals surface area contributed by atoms with Gasteiger partial charge in [-0.15, -0.1) is 0 Å². The van der Waals surface area contributed by atoms with Crippen molar-refractivity contribution < 1.29 is 32.5 Å². The van der Waals surface area contributed by atoms with Crippen LogP contribution in [-0.4, -0.2) is 42.6 Å². The zero-order chi connectivity index (χ0) is 24.7. The number of rotatable bonds is 5. The van der Waals surface area contributed by atoms with Gasteiger partial charge in [0.15, 0.2) is 23.0 Å². The van der Waals surface area contributed by atoms with Gasteiger partial charge < -0.3 is 19.9 Å². The summed E-state index contributed by atoms with van der Waals surface area (Å²) in [5, 5.41) is 16.0. The van der Waals surface area contributed by atoms with Gasteiger partial charge in [-0.25, -0.2) is 14.5 Å². The average molecular weight is 484 g/mol. The summed E-state index contributed by atoms with van der Waals surface area (Å²) >= 11 is 0. The van der Waals surface area contributed by atoms with E-state index < -0.39 is 17.8 Å². The SMILES string of the molecule is Cc1cc(C(F)(F)F)nn1-c1nc(Nc2ccc3c(c2)OCO3)ncc1-c1cncc(C(=O)O)c1. The molecular weight excluding hydrogens is 469 g/mol. The molecule has 4 heterocycles. The Kier molecular flexibility index (Phi) is 5.23. The molecule has 1 aromatic carbocycles. The number of ether oxygens (including phenoxy) is 2. The van der Waals surface area contributed by atoms with Crippen LogP contribution in [0.15, 0.2) is 48.9 Å².